The molecule has 0 aliphatic rings. The fourth-order valence-corrected chi connectivity index (χ4v) is 5.58. The van der Waals surface area contributed by atoms with Gasteiger partial charge in [0.15, 0.2) is 0 Å². The topological polar surface area (TPSA) is 96.0 Å². The smallest absolute Gasteiger partial charge is 0.264 e. The number of hydrogen-bond donors (Lipinski definition) is 1. The summed E-state index contributed by atoms with van der Waals surface area (Å²) in [5.74, 6) is -1.01. The van der Waals surface area contributed by atoms with Crippen LogP contribution in [0.4, 0.5) is 10.1 Å². The Kier molecular flexibility index (Phi) is 9.92. The highest BCUT2D eigenvalue weighted by atomic mass is 32.2. The summed E-state index contributed by atoms with van der Waals surface area (Å²) in [7, 11) is -2.80. The maximum Gasteiger partial charge on any atom is 0.264 e. The summed E-state index contributed by atoms with van der Waals surface area (Å²) in [6.07, 6.45) is 0.308. The normalized spacial score (nSPS) is 12.3. The lowest BCUT2D eigenvalue weighted by Crippen LogP contribution is -2.55. The molecule has 2 amide bonds. The molecule has 0 aliphatic heterocycles. The van der Waals surface area contributed by atoms with Crippen LogP contribution < -0.4 is 14.4 Å². The third-order valence-electron chi connectivity index (χ3n) is 6.12. The van der Waals surface area contributed by atoms with Crippen molar-refractivity contribution in [2.75, 3.05) is 18.0 Å². The van der Waals surface area contributed by atoms with Gasteiger partial charge in [0.1, 0.15) is 24.2 Å². The standard InChI is InChI=1S/C30H36FN3O5S/c1-6-27(29(36)32-30(2,3)4)33(20-22-10-8-7-9-11-22)28(35)21-34(24-14-12-23(31)13-15-24)40(37,38)26-18-16-25(39-5)17-19-26/h7-19,27H,6,20-21H2,1-5H3,(H,32,36). The number of sulfonamides is 1. The summed E-state index contributed by atoms with van der Waals surface area (Å²) in [6.45, 7) is 6.82. The number of ether oxygens (including phenoxy) is 1. The fraction of sp³-hybridized carbons (Fsp3) is 0.333. The molecule has 0 saturated heterocycles. The van der Waals surface area contributed by atoms with E-state index in [1.54, 1.807) is 6.92 Å². The predicted molar refractivity (Wildman–Crippen MR) is 153 cm³/mol. The molecule has 1 N–H and O–H groups in total. The highest BCUT2D eigenvalue weighted by molar-refractivity contribution is 7.92. The van der Waals surface area contributed by atoms with E-state index in [2.05, 4.69) is 5.32 Å². The van der Waals surface area contributed by atoms with Crippen LogP contribution in [0.3, 0.4) is 0 Å². The van der Waals surface area contributed by atoms with Gasteiger partial charge in [-0.2, -0.15) is 0 Å². The Hall–Kier alpha value is -3.92. The molecular weight excluding hydrogens is 533 g/mol. The molecule has 1 unspecified atom stereocenters. The zero-order chi connectivity index (χ0) is 29.5. The van der Waals surface area contributed by atoms with Crippen LogP contribution in [0.25, 0.3) is 0 Å². The molecule has 8 nitrogen and oxygen atoms in total. The average Bonchev–Trinajstić information content (AvgIpc) is 2.91. The molecule has 0 spiro atoms. The number of methoxy groups -OCH3 is 1. The third kappa shape index (κ3) is 7.81. The van der Waals surface area contributed by atoms with Gasteiger partial charge in [-0.05, 0) is 81.3 Å². The number of benzene rings is 3. The van der Waals surface area contributed by atoms with Crippen molar-refractivity contribution >= 4 is 27.5 Å². The van der Waals surface area contributed by atoms with E-state index in [1.165, 1.54) is 48.4 Å². The number of nitrogens with zero attached hydrogens (tertiary/aromatic N) is 2. The van der Waals surface area contributed by atoms with E-state index in [0.717, 1.165) is 22.0 Å². The first kappa shape index (κ1) is 30.6. The van der Waals surface area contributed by atoms with Gasteiger partial charge in [0.2, 0.25) is 11.8 Å². The SMILES string of the molecule is CCC(C(=O)NC(C)(C)C)N(Cc1ccccc1)C(=O)CN(c1ccc(F)cc1)S(=O)(=O)c1ccc(OC)cc1. The van der Waals surface area contributed by atoms with Crippen LogP contribution in [0.5, 0.6) is 5.75 Å². The van der Waals surface area contributed by atoms with Crippen molar-refractivity contribution in [2.24, 2.45) is 0 Å². The minimum atomic E-state index is -4.27. The molecule has 0 aromatic heterocycles. The van der Waals surface area contributed by atoms with Gasteiger partial charge in [-0.25, -0.2) is 12.8 Å². The molecule has 3 aromatic rings. The van der Waals surface area contributed by atoms with E-state index in [4.69, 9.17) is 4.74 Å². The van der Waals surface area contributed by atoms with Crippen LogP contribution >= 0.6 is 0 Å². The second kappa shape index (κ2) is 13.0. The summed E-state index contributed by atoms with van der Waals surface area (Å²) in [5, 5.41) is 2.93. The van der Waals surface area contributed by atoms with Gasteiger partial charge >= 0.3 is 0 Å². The number of rotatable bonds is 11. The van der Waals surface area contributed by atoms with Crippen molar-refractivity contribution < 1.29 is 27.1 Å². The molecular formula is C30H36FN3O5S. The second-order valence-corrected chi connectivity index (χ2v) is 12.2. The Labute approximate surface area is 235 Å². The summed E-state index contributed by atoms with van der Waals surface area (Å²) in [6, 6.07) is 18.9. The summed E-state index contributed by atoms with van der Waals surface area (Å²) in [5.41, 5.74) is 0.353. The lowest BCUT2D eigenvalue weighted by molar-refractivity contribution is -0.141. The van der Waals surface area contributed by atoms with E-state index >= 15 is 0 Å². The minimum absolute atomic E-state index is 0.0717. The maximum absolute atomic E-state index is 14.0. The van der Waals surface area contributed by atoms with Crippen molar-refractivity contribution in [1.82, 2.24) is 10.2 Å². The lowest BCUT2D eigenvalue weighted by Gasteiger charge is -2.34. The molecule has 0 radical (unpaired) electrons. The number of carbonyl (C=O) groups excluding carboxylic acids is 2. The highest BCUT2D eigenvalue weighted by Gasteiger charge is 2.34. The average molecular weight is 570 g/mol. The number of nitrogens with one attached hydrogen (secondary N) is 1. The first-order chi connectivity index (χ1) is 18.9. The Morgan fingerprint density at radius 1 is 0.950 bits per heavy atom. The Morgan fingerprint density at radius 3 is 2.08 bits per heavy atom. The van der Waals surface area contributed by atoms with Gasteiger partial charge < -0.3 is 15.0 Å². The van der Waals surface area contributed by atoms with Gasteiger partial charge in [-0.15, -0.1) is 0 Å². The zero-order valence-electron chi connectivity index (χ0n) is 23.4. The minimum Gasteiger partial charge on any atom is -0.497 e. The molecule has 0 heterocycles. The fourth-order valence-electron chi connectivity index (χ4n) is 4.16. The van der Waals surface area contributed by atoms with Gasteiger partial charge in [-0.1, -0.05) is 37.3 Å². The number of halogens is 1. The van der Waals surface area contributed by atoms with Crippen LogP contribution in [0, 0.1) is 5.82 Å². The summed E-state index contributed by atoms with van der Waals surface area (Å²) < 4.78 is 47.5. The highest BCUT2D eigenvalue weighted by Crippen LogP contribution is 2.26. The molecule has 0 bridgehead atoms. The van der Waals surface area contributed by atoms with Gasteiger partial charge in [0, 0.05) is 12.1 Å². The van der Waals surface area contributed by atoms with Crippen LogP contribution in [0.1, 0.15) is 39.7 Å². The molecule has 214 valence electrons. The number of anilines is 1. The number of amides is 2. The maximum atomic E-state index is 14.0. The molecule has 0 aliphatic carbocycles. The predicted octanol–water partition coefficient (Wildman–Crippen LogP) is 4.75. The Bertz CT molecular complexity index is 1390. The number of hydrogen-bond acceptors (Lipinski definition) is 5. The third-order valence-corrected chi connectivity index (χ3v) is 7.91. The second-order valence-electron chi connectivity index (χ2n) is 10.3. The van der Waals surface area contributed by atoms with Gasteiger partial charge in [0.05, 0.1) is 17.7 Å². The monoisotopic (exact) mass is 569 g/mol. The number of carbonyl (C=O) groups is 2. The van der Waals surface area contributed by atoms with Crippen molar-refractivity contribution in [3.05, 3.63) is 90.2 Å². The molecule has 40 heavy (non-hydrogen) atoms. The van der Waals surface area contributed by atoms with E-state index < -0.39 is 39.9 Å². The van der Waals surface area contributed by atoms with Gasteiger partial charge in [-0.3, -0.25) is 13.9 Å². The van der Waals surface area contributed by atoms with Crippen LogP contribution in [0.15, 0.2) is 83.8 Å². The van der Waals surface area contributed by atoms with Crippen molar-refractivity contribution in [3.8, 4) is 5.75 Å². The van der Waals surface area contributed by atoms with Crippen LogP contribution in [-0.2, 0) is 26.2 Å². The van der Waals surface area contributed by atoms with Crippen molar-refractivity contribution in [1.29, 1.82) is 0 Å². The van der Waals surface area contributed by atoms with Crippen LogP contribution in [0.2, 0.25) is 0 Å². The van der Waals surface area contributed by atoms with E-state index in [9.17, 15) is 22.4 Å². The van der Waals surface area contributed by atoms with E-state index in [0.29, 0.717) is 12.2 Å². The molecule has 0 saturated carbocycles. The first-order valence-electron chi connectivity index (χ1n) is 12.9. The van der Waals surface area contributed by atoms with Crippen molar-refractivity contribution in [3.63, 3.8) is 0 Å². The van der Waals surface area contributed by atoms with Gasteiger partial charge in [0.25, 0.3) is 10.0 Å². The van der Waals surface area contributed by atoms with Crippen molar-refractivity contribution in [2.45, 2.75) is 57.1 Å². The Morgan fingerprint density at radius 2 is 1.55 bits per heavy atom. The largest absolute Gasteiger partial charge is 0.497 e. The zero-order valence-corrected chi connectivity index (χ0v) is 24.2. The Balaban J connectivity index is 2.05. The first-order valence-corrected chi connectivity index (χ1v) is 14.4. The molecule has 3 aromatic carbocycles. The molecule has 10 heteroatoms. The quantitative estimate of drug-likeness (QED) is 0.360. The van der Waals surface area contributed by atoms with E-state index in [1.807, 2.05) is 51.1 Å². The summed E-state index contributed by atoms with van der Waals surface area (Å²) >= 11 is 0. The molecule has 1 atom stereocenters. The molecule has 3 rings (SSSR count). The molecule has 0 fully saturated rings. The lowest BCUT2D eigenvalue weighted by atomic mass is 10.1. The van der Waals surface area contributed by atoms with E-state index in [-0.39, 0.29) is 23.0 Å². The van der Waals surface area contributed by atoms with Crippen LogP contribution in [-0.4, -0.2) is 50.4 Å². The summed E-state index contributed by atoms with van der Waals surface area (Å²) in [4.78, 5) is 28.6.